The van der Waals surface area contributed by atoms with Gasteiger partial charge in [-0.05, 0) is 42.5 Å². The topological polar surface area (TPSA) is 101 Å². The minimum atomic E-state index is -0.380. The van der Waals surface area contributed by atoms with Crippen LogP contribution < -0.4 is 10.9 Å². The van der Waals surface area contributed by atoms with E-state index in [2.05, 4.69) is 15.3 Å². The van der Waals surface area contributed by atoms with E-state index in [1.54, 1.807) is 14.2 Å². The number of carbonyl (C=O) groups is 1. The molecule has 2 aromatic heterocycles. The molecule has 0 radical (unpaired) electrons. The van der Waals surface area contributed by atoms with Crippen molar-refractivity contribution in [3.8, 4) is 5.69 Å². The van der Waals surface area contributed by atoms with Gasteiger partial charge < -0.3 is 29.2 Å². The summed E-state index contributed by atoms with van der Waals surface area (Å²) in [5.41, 5.74) is 4.33. The zero-order chi connectivity index (χ0) is 25.7. The van der Waals surface area contributed by atoms with Crippen LogP contribution in [0.2, 0.25) is 0 Å². The van der Waals surface area contributed by atoms with E-state index in [0.29, 0.717) is 24.2 Å². The molecule has 3 aromatic rings. The molecule has 2 heterocycles. The Morgan fingerprint density at radius 3 is 2.67 bits per heavy atom. The Hall–Kier alpha value is -3.85. The number of hydrogen-bond donors (Lipinski definition) is 2. The summed E-state index contributed by atoms with van der Waals surface area (Å²) in [6.45, 7) is 4.71. The number of hydrogen-bond acceptors (Lipinski definition) is 6. The third-order valence-corrected chi connectivity index (χ3v) is 6.04. The summed E-state index contributed by atoms with van der Waals surface area (Å²) in [6, 6.07) is 9.86. The number of methoxy groups -OCH3 is 1. The number of fused-ring (bicyclic) bond motifs is 1. The van der Waals surface area contributed by atoms with Crippen LogP contribution in [0.25, 0.3) is 22.3 Å². The molecule has 0 saturated carbocycles. The first-order valence-corrected chi connectivity index (χ1v) is 12.1. The molecule has 1 atom stereocenters. The lowest BCUT2D eigenvalue weighted by molar-refractivity contribution is 0.0417. The van der Waals surface area contributed by atoms with E-state index in [9.17, 15) is 9.59 Å². The second-order valence-corrected chi connectivity index (χ2v) is 9.28. The highest BCUT2D eigenvalue weighted by Gasteiger charge is 2.21. The molecule has 0 aliphatic heterocycles. The number of rotatable bonds is 9. The summed E-state index contributed by atoms with van der Waals surface area (Å²) in [5, 5.41) is 3.94. The Morgan fingerprint density at radius 1 is 1.22 bits per heavy atom. The Kier molecular flexibility index (Phi) is 7.90. The standard InChI is InChI=1S/C27H33N5O4/c1-18(2)16-36-27(34)31(3)15-23(35-4)30-20-12-10-19(11-13-20)22-14-32(21-8-6-5-7-9-21)25-24(22)26(33)29-17-28-25/h5-10,12,14,17-18,23,30H,11,13,15-16H2,1-4H3,(H,28,29,33). The minimum absolute atomic E-state index is 0.162. The number of carbonyl (C=O) groups excluding carboxylic acids is 1. The minimum Gasteiger partial charge on any atom is -0.449 e. The van der Waals surface area contributed by atoms with Gasteiger partial charge in [-0.1, -0.05) is 38.1 Å². The van der Waals surface area contributed by atoms with Crippen molar-refractivity contribution >= 4 is 22.7 Å². The number of ether oxygens (including phenoxy) is 2. The van der Waals surface area contributed by atoms with Gasteiger partial charge in [-0.2, -0.15) is 0 Å². The van der Waals surface area contributed by atoms with Crippen LogP contribution in [-0.4, -0.2) is 59.1 Å². The van der Waals surface area contributed by atoms with Crippen molar-refractivity contribution in [2.45, 2.75) is 32.9 Å². The van der Waals surface area contributed by atoms with Gasteiger partial charge in [0.1, 0.15) is 6.23 Å². The maximum absolute atomic E-state index is 12.8. The molecular formula is C27H33N5O4. The quantitative estimate of drug-likeness (QED) is 0.438. The number of para-hydroxylation sites is 1. The number of H-pyrrole nitrogens is 1. The van der Waals surface area contributed by atoms with E-state index in [1.807, 2.05) is 67.1 Å². The molecule has 1 aromatic carbocycles. The van der Waals surface area contributed by atoms with Crippen LogP contribution in [0.5, 0.6) is 0 Å². The predicted octanol–water partition coefficient (Wildman–Crippen LogP) is 4.06. The number of nitrogens with zero attached hydrogens (tertiary/aromatic N) is 3. The molecule has 1 aliphatic rings. The fraction of sp³-hybridized carbons (Fsp3) is 0.370. The number of amides is 1. The van der Waals surface area contributed by atoms with Gasteiger partial charge in [0.15, 0.2) is 5.65 Å². The first-order valence-electron chi connectivity index (χ1n) is 12.1. The molecular weight excluding hydrogens is 458 g/mol. The predicted molar refractivity (Wildman–Crippen MR) is 140 cm³/mol. The summed E-state index contributed by atoms with van der Waals surface area (Å²) in [7, 11) is 3.30. The number of allylic oxidation sites excluding steroid dienone is 4. The molecule has 9 heteroatoms. The van der Waals surface area contributed by atoms with Gasteiger partial charge in [-0.25, -0.2) is 9.78 Å². The van der Waals surface area contributed by atoms with Crippen LogP contribution in [0.4, 0.5) is 4.79 Å². The van der Waals surface area contributed by atoms with Gasteiger partial charge >= 0.3 is 6.09 Å². The maximum Gasteiger partial charge on any atom is 0.409 e. The zero-order valence-corrected chi connectivity index (χ0v) is 21.2. The lowest BCUT2D eigenvalue weighted by Gasteiger charge is -2.26. The number of aromatic amines is 1. The smallest absolute Gasteiger partial charge is 0.409 e. The van der Waals surface area contributed by atoms with Crippen molar-refractivity contribution in [1.82, 2.24) is 24.8 Å². The summed E-state index contributed by atoms with van der Waals surface area (Å²) >= 11 is 0. The SMILES string of the molecule is COC(CN(C)C(=O)OCC(C)C)NC1=CC=C(c2cn(-c3ccccc3)c3nc[nH]c(=O)c23)CC1. The molecule has 0 saturated heterocycles. The summed E-state index contributed by atoms with van der Waals surface area (Å²) in [4.78, 5) is 33.6. The fourth-order valence-corrected chi connectivity index (χ4v) is 4.14. The molecule has 0 bridgehead atoms. The Balaban J connectivity index is 1.52. The highest BCUT2D eigenvalue weighted by Crippen LogP contribution is 2.32. The highest BCUT2D eigenvalue weighted by atomic mass is 16.6. The van der Waals surface area contributed by atoms with Crippen molar-refractivity contribution in [2.24, 2.45) is 5.92 Å². The van der Waals surface area contributed by atoms with Gasteiger partial charge in [0.25, 0.3) is 5.56 Å². The Morgan fingerprint density at radius 2 is 2.00 bits per heavy atom. The maximum atomic E-state index is 12.8. The Bertz CT molecular complexity index is 1320. The molecule has 0 fully saturated rings. The first kappa shape index (κ1) is 25.2. The van der Waals surface area contributed by atoms with Gasteiger partial charge in [0, 0.05) is 37.3 Å². The summed E-state index contributed by atoms with van der Waals surface area (Å²) in [6.07, 6.45) is 8.17. The average molecular weight is 492 g/mol. The van der Waals surface area contributed by atoms with Gasteiger partial charge in [0.05, 0.1) is 24.9 Å². The monoisotopic (exact) mass is 491 g/mol. The van der Waals surface area contributed by atoms with Crippen molar-refractivity contribution < 1.29 is 14.3 Å². The van der Waals surface area contributed by atoms with Gasteiger partial charge in [0.2, 0.25) is 0 Å². The molecule has 190 valence electrons. The van der Waals surface area contributed by atoms with Crippen LogP contribution in [0.3, 0.4) is 0 Å². The fourth-order valence-electron chi connectivity index (χ4n) is 4.14. The zero-order valence-electron chi connectivity index (χ0n) is 21.2. The van der Waals surface area contributed by atoms with Crippen molar-refractivity contribution in [1.29, 1.82) is 0 Å². The highest BCUT2D eigenvalue weighted by molar-refractivity contribution is 5.92. The third kappa shape index (κ3) is 5.68. The van der Waals surface area contributed by atoms with Crippen LogP contribution in [-0.2, 0) is 9.47 Å². The van der Waals surface area contributed by atoms with E-state index in [1.165, 1.54) is 11.2 Å². The lowest BCUT2D eigenvalue weighted by atomic mass is 9.96. The second-order valence-electron chi connectivity index (χ2n) is 9.28. The second kappa shape index (κ2) is 11.3. The van der Waals surface area contributed by atoms with Crippen LogP contribution in [0.15, 0.2) is 65.5 Å². The summed E-state index contributed by atoms with van der Waals surface area (Å²) in [5.74, 6) is 0.278. The van der Waals surface area contributed by atoms with Crippen molar-refractivity contribution in [3.63, 3.8) is 0 Å². The van der Waals surface area contributed by atoms with E-state index in [4.69, 9.17) is 9.47 Å². The number of nitrogens with one attached hydrogen (secondary N) is 2. The Labute approximate surface area is 210 Å². The molecule has 1 unspecified atom stereocenters. The van der Waals surface area contributed by atoms with Crippen LogP contribution >= 0.6 is 0 Å². The first-order chi connectivity index (χ1) is 17.4. The molecule has 4 rings (SSSR count). The van der Waals surface area contributed by atoms with Crippen molar-refractivity contribution in [2.75, 3.05) is 27.3 Å². The van der Waals surface area contributed by atoms with Crippen LogP contribution in [0.1, 0.15) is 32.3 Å². The molecule has 36 heavy (non-hydrogen) atoms. The normalized spacial score (nSPS) is 14.4. The number of aromatic nitrogens is 3. The molecule has 1 aliphatic carbocycles. The van der Waals surface area contributed by atoms with E-state index < -0.39 is 0 Å². The van der Waals surface area contributed by atoms with E-state index in [-0.39, 0.29) is 23.8 Å². The van der Waals surface area contributed by atoms with E-state index in [0.717, 1.165) is 35.4 Å². The molecule has 2 N–H and O–H groups in total. The van der Waals surface area contributed by atoms with Gasteiger partial charge in [-0.3, -0.25) is 4.79 Å². The van der Waals surface area contributed by atoms with Crippen molar-refractivity contribution in [3.05, 3.63) is 76.6 Å². The number of likely N-dealkylation sites (N-methyl/N-ethyl adjacent to an activating group) is 1. The lowest BCUT2D eigenvalue weighted by Crippen LogP contribution is -2.43. The molecule has 0 spiro atoms. The number of benzene rings is 1. The van der Waals surface area contributed by atoms with E-state index >= 15 is 0 Å². The van der Waals surface area contributed by atoms with Crippen LogP contribution in [0, 0.1) is 5.92 Å². The molecule has 9 nitrogen and oxygen atoms in total. The average Bonchev–Trinajstić information content (AvgIpc) is 3.28. The third-order valence-electron chi connectivity index (χ3n) is 6.04. The summed E-state index contributed by atoms with van der Waals surface area (Å²) < 4.78 is 12.8. The molecule has 1 amide bonds. The largest absolute Gasteiger partial charge is 0.449 e. The van der Waals surface area contributed by atoms with Gasteiger partial charge in [-0.15, -0.1) is 0 Å².